The monoisotopic (exact) mass is 481 g/mol. The zero-order valence-electron chi connectivity index (χ0n) is 18.8. The molecule has 7 heteroatoms. The van der Waals surface area contributed by atoms with Gasteiger partial charge in [-0.3, -0.25) is 0 Å². The molecule has 0 N–H and O–H groups in total. The predicted molar refractivity (Wildman–Crippen MR) is 130 cm³/mol. The van der Waals surface area contributed by atoms with Gasteiger partial charge in [0.15, 0.2) is 5.16 Å². The van der Waals surface area contributed by atoms with E-state index >= 15 is 0 Å². The second-order valence-corrected chi connectivity index (χ2v) is 9.80. The summed E-state index contributed by atoms with van der Waals surface area (Å²) in [6.45, 7) is 0. The minimum absolute atomic E-state index is 0.331. The van der Waals surface area contributed by atoms with Gasteiger partial charge in [-0.05, 0) is 40.8 Å². The van der Waals surface area contributed by atoms with E-state index in [9.17, 15) is 13.2 Å². The van der Waals surface area contributed by atoms with Crippen LogP contribution >= 0.6 is 11.8 Å². The first-order valence-corrected chi connectivity index (χ1v) is 12.7. The topological polar surface area (TPSA) is 30.7 Å². The van der Waals surface area contributed by atoms with Crippen LogP contribution in [0.1, 0.15) is 60.7 Å². The van der Waals surface area contributed by atoms with Gasteiger partial charge in [-0.25, -0.2) is 0 Å². The van der Waals surface area contributed by atoms with Crippen LogP contribution in [0.25, 0.3) is 10.8 Å². The van der Waals surface area contributed by atoms with Gasteiger partial charge in [0.1, 0.15) is 5.82 Å². The lowest BCUT2D eigenvalue weighted by Gasteiger charge is -2.25. The molecule has 0 amide bonds. The van der Waals surface area contributed by atoms with Crippen LogP contribution in [0.15, 0.2) is 71.9 Å². The molecule has 0 radical (unpaired) electrons. The van der Waals surface area contributed by atoms with Crippen molar-refractivity contribution < 1.29 is 13.2 Å². The lowest BCUT2D eigenvalue weighted by molar-refractivity contribution is -0.137. The maximum Gasteiger partial charge on any atom is 0.416 e. The highest BCUT2D eigenvalue weighted by Gasteiger charge is 2.30. The van der Waals surface area contributed by atoms with Crippen LogP contribution in [-0.4, -0.2) is 14.8 Å². The number of hydrogen-bond donors (Lipinski definition) is 0. The Morgan fingerprint density at radius 2 is 1.65 bits per heavy atom. The summed E-state index contributed by atoms with van der Waals surface area (Å²) in [4.78, 5) is 0. The number of alkyl halides is 3. The van der Waals surface area contributed by atoms with Crippen LogP contribution in [-0.2, 0) is 18.3 Å². The highest BCUT2D eigenvalue weighted by Crippen LogP contribution is 2.35. The van der Waals surface area contributed by atoms with E-state index < -0.39 is 11.7 Å². The second kappa shape index (κ2) is 9.82. The average molecular weight is 482 g/mol. The molecule has 1 aliphatic carbocycles. The van der Waals surface area contributed by atoms with Gasteiger partial charge in [0.25, 0.3) is 0 Å². The quantitative estimate of drug-likeness (QED) is 0.263. The SMILES string of the molecule is FC(F)(F)c1cccc(CSc2nnc(Cc3cccc4ccccc34)n2C2CCCCC2)c1. The van der Waals surface area contributed by atoms with E-state index in [0.717, 1.165) is 29.9 Å². The number of halogens is 3. The molecule has 1 saturated carbocycles. The normalized spacial score (nSPS) is 15.1. The van der Waals surface area contributed by atoms with Gasteiger partial charge in [0.2, 0.25) is 0 Å². The number of nitrogens with zero attached hydrogens (tertiary/aromatic N) is 3. The van der Waals surface area contributed by atoms with Crippen LogP contribution < -0.4 is 0 Å². The molecular formula is C27H26F3N3S. The van der Waals surface area contributed by atoms with Crippen molar-refractivity contribution >= 4 is 22.5 Å². The molecule has 0 aliphatic heterocycles. The lowest BCUT2D eigenvalue weighted by Crippen LogP contribution is -2.17. The van der Waals surface area contributed by atoms with Crippen LogP contribution in [0.5, 0.6) is 0 Å². The second-order valence-electron chi connectivity index (χ2n) is 8.86. The van der Waals surface area contributed by atoms with Crippen molar-refractivity contribution in [3.05, 3.63) is 89.2 Å². The fourth-order valence-corrected chi connectivity index (χ4v) is 5.80. The van der Waals surface area contributed by atoms with Crippen molar-refractivity contribution in [1.82, 2.24) is 14.8 Å². The standard InChI is InChI=1S/C27H26F3N3S/c28-27(29,30)22-12-6-8-19(16-22)18-34-26-32-31-25(33(26)23-13-2-1-3-14-23)17-21-11-7-10-20-9-4-5-15-24(20)21/h4-12,15-16,23H,1-3,13-14,17-18H2. The van der Waals surface area contributed by atoms with Gasteiger partial charge in [-0.1, -0.05) is 91.7 Å². The summed E-state index contributed by atoms with van der Waals surface area (Å²) in [6.07, 6.45) is 2.09. The number of fused-ring (bicyclic) bond motifs is 1. The zero-order chi connectivity index (χ0) is 23.5. The van der Waals surface area contributed by atoms with Gasteiger partial charge in [-0.15, -0.1) is 10.2 Å². The zero-order valence-corrected chi connectivity index (χ0v) is 19.6. The smallest absolute Gasteiger partial charge is 0.303 e. The van der Waals surface area contributed by atoms with Crippen molar-refractivity contribution in [1.29, 1.82) is 0 Å². The summed E-state index contributed by atoms with van der Waals surface area (Å²) in [6, 6.07) is 20.5. The molecule has 0 bridgehead atoms. The third kappa shape index (κ3) is 4.99. The third-order valence-electron chi connectivity index (χ3n) is 6.53. The highest BCUT2D eigenvalue weighted by atomic mass is 32.2. The van der Waals surface area contributed by atoms with Gasteiger partial charge >= 0.3 is 6.18 Å². The summed E-state index contributed by atoms with van der Waals surface area (Å²) in [5.74, 6) is 1.35. The Morgan fingerprint density at radius 1 is 0.882 bits per heavy atom. The summed E-state index contributed by atoms with van der Waals surface area (Å²) in [5.41, 5.74) is 1.22. The number of benzene rings is 3. The van der Waals surface area contributed by atoms with Crippen LogP contribution in [0.4, 0.5) is 13.2 Å². The minimum Gasteiger partial charge on any atom is -0.303 e. The molecule has 4 aromatic rings. The fourth-order valence-electron chi connectivity index (χ4n) is 4.83. The first kappa shape index (κ1) is 23.0. The molecule has 5 rings (SSSR count). The van der Waals surface area contributed by atoms with E-state index in [4.69, 9.17) is 0 Å². The van der Waals surface area contributed by atoms with E-state index in [0.29, 0.717) is 23.8 Å². The Morgan fingerprint density at radius 3 is 2.47 bits per heavy atom. The van der Waals surface area contributed by atoms with E-state index in [-0.39, 0.29) is 0 Å². The number of aromatic nitrogens is 3. The molecule has 1 aromatic heterocycles. The van der Waals surface area contributed by atoms with E-state index in [1.807, 2.05) is 12.1 Å². The van der Waals surface area contributed by atoms with E-state index in [1.165, 1.54) is 59.5 Å². The van der Waals surface area contributed by atoms with Crippen molar-refractivity contribution in [2.75, 3.05) is 0 Å². The van der Waals surface area contributed by atoms with Crippen LogP contribution in [0, 0.1) is 0 Å². The molecule has 1 heterocycles. The number of rotatable bonds is 6. The Hall–Kier alpha value is -2.80. The minimum atomic E-state index is -4.34. The highest BCUT2D eigenvalue weighted by molar-refractivity contribution is 7.98. The van der Waals surface area contributed by atoms with Crippen molar-refractivity contribution in [3.63, 3.8) is 0 Å². The predicted octanol–water partition coefficient (Wildman–Crippen LogP) is 7.84. The summed E-state index contributed by atoms with van der Waals surface area (Å²) >= 11 is 1.47. The Bertz CT molecular complexity index is 1270. The molecule has 1 fully saturated rings. The Balaban J connectivity index is 1.44. The first-order chi connectivity index (χ1) is 16.5. The maximum atomic E-state index is 13.1. The lowest BCUT2D eigenvalue weighted by atomic mass is 9.95. The molecule has 176 valence electrons. The van der Waals surface area contributed by atoms with Crippen LogP contribution in [0.2, 0.25) is 0 Å². The van der Waals surface area contributed by atoms with Crippen LogP contribution in [0.3, 0.4) is 0 Å². The molecule has 0 atom stereocenters. The maximum absolute atomic E-state index is 13.1. The van der Waals surface area contributed by atoms with Crippen molar-refractivity contribution in [2.45, 2.75) is 61.7 Å². The number of hydrogen-bond acceptors (Lipinski definition) is 3. The third-order valence-corrected chi connectivity index (χ3v) is 7.54. The van der Waals surface area contributed by atoms with Crippen molar-refractivity contribution in [3.8, 4) is 0 Å². The molecule has 0 unspecified atom stereocenters. The average Bonchev–Trinajstić information content (AvgIpc) is 3.25. The van der Waals surface area contributed by atoms with Gasteiger partial charge in [-0.2, -0.15) is 13.2 Å². The molecule has 34 heavy (non-hydrogen) atoms. The Labute approximate surface area is 201 Å². The van der Waals surface area contributed by atoms with Gasteiger partial charge in [0.05, 0.1) is 5.56 Å². The molecule has 0 saturated heterocycles. The Kier molecular flexibility index (Phi) is 6.63. The molecular weight excluding hydrogens is 455 g/mol. The van der Waals surface area contributed by atoms with Gasteiger partial charge < -0.3 is 4.57 Å². The van der Waals surface area contributed by atoms with E-state index in [2.05, 4.69) is 45.1 Å². The largest absolute Gasteiger partial charge is 0.416 e. The first-order valence-electron chi connectivity index (χ1n) is 11.7. The molecule has 3 aromatic carbocycles. The fraction of sp³-hybridized carbons (Fsp3) is 0.333. The van der Waals surface area contributed by atoms with Crippen molar-refractivity contribution in [2.24, 2.45) is 0 Å². The summed E-state index contributed by atoms with van der Waals surface area (Å²) in [7, 11) is 0. The molecule has 0 spiro atoms. The summed E-state index contributed by atoms with van der Waals surface area (Å²) in [5, 5.41) is 12.3. The van der Waals surface area contributed by atoms with E-state index in [1.54, 1.807) is 6.07 Å². The van der Waals surface area contributed by atoms with Gasteiger partial charge in [0, 0.05) is 18.2 Å². The molecule has 1 aliphatic rings. The number of thioether (sulfide) groups is 1. The summed E-state index contributed by atoms with van der Waals surface area (Å²) < 4.78 is 41.6. The molecule has 3 nitrogen and oxygen atoms in total.